The maximum absolute atomic E-state index is 10.4. The first-order valence-corrected chi connectivity index (χ1v) is 8.70. The molecule has 0 unspecified atom stereocenters. The lowest BCUT2D eigenvalue weighted by molar-refractivity contribution is -0.137. The lowest BCUT2D eigenvalue weighted by Crippen LogP contribution is -1.93. The maximum Gasteiger partial charge on any atom is 0.303 e. The zero-order valence-electron chi connectivity index (χ0n) is 14.7. The lowest BCUT2D eigenvalue weighted by Gasteiger charge is -1.99. The van der Waals surface area contributed by atoms with E-state index in [9.17, 15) is 4.79 Å². The number of hydrogen-bond donors (Lipinski definition) is 1. The Morgan fingerprint density at radius 1 is 0.773 bits per heavy atom. The second-order valence-electron chi connectivity index (χ2n) is 6.32. The minimum Gasteiger partial charge on any atom is -0.481 e. The van der Waals surface area contributed by atoms with Gasteiger partial charge >= 0.3 is 5.97 Å². The van der Waals surface area contributed by atoms with Crippen molar-refractivity contribution in [3.63, 3.8) is 0 Å². The molecule has 0 rings (SSSR count). The first-order valence-electron chi connectivity index (χ1n) is 8.70. The molecule has 0 atom stereocenters. The van der Waals surface area contributed by atoms with Gasteiger partial charge in [0.15, 0.2) is 0 Å². The monoisotopic (exact) mass is 306 g/mol. The molecule has 0 bridgehead atoms. The van der Waals surface area contributed by atoms with Gasteiger partial charge in [0.25, 0.3) is 0 Å². The van der Waals surface area contributed by atoms with Crippen LogP contribution in [0.4, 0.5) is 0 Å². The van der Waals surface area contributed by atoms with Gasteiger partial charge in [-0.15, -0.1) is 0 Å². The molecule has 0 amide bonds. The first kappa shape index (κ1) is 20.7. The fourth-order valence-electron chi connectivity index (χ4n) is 2.20. The summed E-state index contributed by atoms with van der Waals surface area (Å²) in [5.41, 5.74) is 2.80. The van der Waals surface area contributed by atoms with Crippen LogP contribution >= 0.6 is 0 Å². The third kappa shape index (κ3) is 16.7. The van der Waals surface area contributed by atoms with Crippen molar-refractivity contribution < 1.29 is 9.90 Å². The van der Waals surface area contributed by atoms with E-state index in [1.54, 1.807) is 0 Å². The van der Waals surface area contributed by atoms with Crippen LogP contribution in [0.3, 0.4) is 0 Å². The van der Waals surface area contributed by atoms with Crippen molar-refractivity contribution in [3.8, 4) is 0 Å². The molecule has 1 N–H and O–H groups in total. The SMILES string of the molecule is CC(C)=C/C=C(\C)CCCC=CCCCCCCCC(=O)O. The summed E-state index contributed by atoms with van der Waals surface area (Å²) in [7, 11) is 0. The molecule has 0 heterocycles. The van der Waals surface area contributed by atoms with Crippen LogP contribution in [0, 0.1) is 0 Å². The number of aliphatic carboxylic acids is 1. The van der Waals surface area contributed by atoms with Crippen molar-refractivity contribution in [1.29, 1.82) is 0 Å². The Morgan fingerprint density at radius 3 is 2.00 bits per heavy atom. The van der Waals surface area contributed by atoms with Crippen LogP contribution in [0.15, 0.2) is 35.5 Å². The van der Waals surface area contributed by atoms with E-state index in [0.717, 1.165) is 25.7 Å². The molecule has 0 spiro atoms. The van der Waals surface area contributed by atoms with Crippen LogP contribution in [0.1, 0.15) is 85.0 Å². The van der Waals surface area contributed by atoms with Gasteiger partial charge in [-0.3, -0.25) is 4.79 Å². The molecule has 0 aromatic carbocycles. The quantitative estimate of drug-likeness (QED) is 0.241. The molecule has 0 radical (unpaired) electrons. The molecule has 0 saturated heterocycles. The second-order valence-corrected chi connectivity index (χ2v) is 6.32. The average Bonchev–Trinajstić information content (AvgIpc) is 2.45. The van der Waals surface area contributed by atoms with Crippen LogP contribution in [-0.4, -0.2) is 11.1 Å². The largest absolute Gasteiger partial charge is 0.481 e. The van der Waals surface area contributed by atoms with E-state index in [-0.39, 0.29) is 0 Å². The summed E-state index contributed by atoms with van der Waals surface area (Å²) in [6, 6.07) is 0. The fraction of sp³-hybridized carbons (Fsp3) is 0.650. The van der Waals surface area contributed by atoms with Crippen LogP contribution in [0.25, 0.3) is 0 Å². The molecule has 0 aromatic rings. The molecule has 126 valence electrons. The molecule has 0 fully saturated rings. The van der Waals surface area contributed by atoms with E-state index in [4.69, 9.17) is 5.11 Å². The third-order valence-electron chi connectivity index (χ3n) is 3.57. The summed E-state index contributed by atoms with van der Waals surface area (Å²) in [5, 5.41) is 8.53. The molecule has 0 saturated carbocycles. The van der Waals surface area contributed by atoms with Gasteiger partial charge in [0.1, 0.15) is 0 Å². The molecule has 0 aromatic heterocycles. The molecule has 2 nitrogen and oxygen atoms in total. The Balaban J connectivity index is 3.40. The van der Waals surface area contributed by atoms with Crippen molar-refractivity contribution >= 4 is 5.97 Å². The molecule has 2 heteroatoms. The minimum absolute atomic E-state index is 0.321. The minimum atomic E-state index is -0.672. The van der Waals surface area contributed by atoms with Crippen LogP contribution < -0.4 is 0 Å². The van der Waals surface area contributed by atoms with Crippen molar-refractivity contribution in [1.82, 2.24) is 0 Å². The van der Waals surface area contributed by atoms with Gasteiger partial charge in [-0.2, -0.15) is 0 Å². The van der Waals surface area contributed by atoms with Crippen molar-refractivity contribution in [2.75, 3.05) is 0 Å². The highest BCUT2D eigenvalue weighted by Crippen LogP contribution is 2.10. The average molecular weight is 306 g/mol. The summed E-state index contributed by atoms with van der Waals surface area (Å²) in [6.45, 7) is 6.45. The standard InChI is InChI=1S/C20H34O2/c1-18(2)16-17-19(3)14-12-10-8-6-4-5-7-9-11-13-15-20(21)22/h6,8,16-17H,4-5,7,9-15H2,1-3H3,(H,21,22)/b8-6?,19-17+. The number of carboxylic acid groups (broad SMARTS) is 1. The van der Waals surface area contributed by atoms with E-state index in [1.807, 2.05) is 0 Å². The van der Waals surface area contributed by atoms with Gasteiger partial charge in [-0.25, -0.2) is 0 Å². The smallest absolute Gasteiger partial charge is 0.303 e. The Kier molecular flexibility index (Phi) is 13.7. The van der Waals surface area contributed by atoms with E-state index >= 15 is 0 Å². The van der Waals surface area contributed by atoms with Crippen molar-refractivity contribution in [3.05, 3.63) is 35.5 Å². The maximum atomic E-state index is 10.4. The van der Waals surface area contributed by atoms with Crippen LogP contribution in [0.5, 0.6) is 0 Å². The number of rotatable bonds is 13. The highest BCUT2D eigenvalue weighted by atomic mass is 16.4. The third-order valence-corrected chi connectivity index (χ3v) is 3.57. The van der Waals surface area contributed by atoms with E-state index in [1.165, 1.54) is 43.3 Å². The van der Waals surface area contributed by atoms with Crippen LogP contribution in [0.2, 0.25) is 0 Å². The number of unbranched alkanes of at least 4 members (excludes halogenated alkanes) is 6. The summed E-state index contributed by atoms with van der Waals surface area (Å²) in [6.07, 6.45) is 19.5. The number of carbonyl (C=O) groups is 1. The summed E-state index contributed by atoms with van der Waals surface area (Å²) < 4.78 is 0. The van der Waals surface area contributed by atoms with E-state index < -0.39 is 5.97 Å². The molecule has 0 aliphatic heterocycles. The summed E-state index contributed by atoms with van der Waals surface area (Å²) >= 11 is 0. The molecular weight excluding hydrogens is 272 g/mol. The van der Waals surface area contributed by atoms with Gasteiger partial charge in [0.05, 0.1) is 0 Å². The van der Waals surface area contributed by atoms with Crippen LogP contribution in [-0.2, 0) is 4.79 Å². The first-order chi connectivity index (χ1) is 10.5. The van der Waals surface area contributed by atoms with E-state index in [0.29, 0.717) is 6.42 Å². The van der Waals surface area contributed by atoms with Gasteiger partial charge in [-0.05, 0) is 59.3 Å². The summed E-state index contributed by atoms with van der Waals surface area (Å²) in [4.78, 5) is 10.4. The topological polar surface area (TPSA) is 37.3 Å². The Hall–Kier alpha value is -1.31. The zero-order chi connectivity index (χ0) is 16.6. The lowest BCUT2D eigenvalue weighted by atomic mass is 10.1. The Bertz CT molecular complexity index is 371. The van der Waals surface area contributed by atoms with Gasteiger partial charge < -0.3 is 5.11 Å². The van der Waals surface area contributed by atoms with Crippen molar-refractivity contribution in [2.45, 2.75) is 85.0 Å². The number of carboxylic acids is 1. The Morgan fingerprint density at radius 2 is 1.36 bits per heavy atom. The zero-order valence-corrected chi connectivity index (χ0v) is 14.7. The highest BCUT2D eigenvalue weighted by molar-refractivity contribution is 5.66. The molecular formula is C20H34O2. The predicted molar refractivity (Wildman–Crippen MR) is 96.1 cm³/mol. The van der Waals surface area contributed by atoms with Gasteiger partial charge in [-0.1, -0.05) is 54.7 Å². The second kappa shape index (κ2) is 14.6. The molecule has 22 heavy (non-hydrogen) atoms. The number of allylic oxidation sites excluding steroid dienone is 6. The predicted octanol–water partition coefficient (Wildman–Crippen LogP) is 6.44. The summed E-state index contributed by atoms with van der Waals surface area (Å²) in [5.74, 6) is -0.672. The fourth-order valence-corrected chi connectivity index (χ4v) is 2.20. The number of hydrogen-bond acceptors (Lipinski definition) is 1. The molecule has 0 aliphatic rings. The normalized spacial score (nSPS) is 11.9. The van der Waals surface area contributed by atoms with Gasteiger partial charge in [0, 0.05) is 6.42 Å². The highest BCUT2D eigenvalue weighted by Gasteiger charge is 1.95. The van der Waals surface area contributed by atoms with Gasteiger partial charge in [0.2, 0.25) is 0 Å². The van der Waals surface area contributed by atoms with E-state index in [2.05, 4.69) is 45.1 Å². The van der Waals surface area contributed by atoms with Crippen molar-refractivity contribution in [2.24, 2.45) is 0 Å². The molecule has 0 aliphatic carbocycles. The Labute approximate surface area is 137 Å².